The van der Waals surface area contributed by atoms with Crippen LogP contribution in [0.2, 0.25) is 0 Å². The number of methoxy groups -OCH3 is 1. The van der Waals surface area contributed by atoms with Crippen LogP contribution in [0.4, 0.5) is 28.8 Å². The van der Waals surface area contributed by atoms with E-state index in [2.05, 4.69) is 31.1 Å². The lowest BCUT2D eigenvalue weighted by Crippen LogP contribution is -2.06. The molecule has 3 rings (SSSR count). The third-order valence-corrected chi connectivity index (χ3v) is 3.34. The molecule has 3 N–H and O–H groups in total. The third kappa shape index (κ3) is 4.67. The molecule has 132 valence electrons. The zero-order chi connectivity index (χ0) is 18.4. The molecule has 26 heavy (non-hydrogen) atoms. The number of amides is 1. The maximum absolute atomic E-state index is 11.2. The van der Waals surface area contributed by atoms with Crippen molar-refractivity contribution in [2.75, 3.05) is 23.1 Å². The molecule has 8 nitrogen and oxygen atoms in total. The van der Waals surface area contributed by atoms with E-state index in [0.29, 0.717) is 17.5 Å². The van der Waals surface area contributed by atoms with Gasteiger partial charge in [0.1, 0.15) is 5.75 Å². The van der Waals surface area contributed by atoms with Crippen molar-refractivity contribution in [1.82, 2.24) is 15.2 Å². The summed E-state index contributed by atoms with van der Waals surface area (Å²) >= 11 is 0. The van der Waals surface area contributed by atoms with E-state index in [9.17, 15) is 4.79 Å². The van der Waals surface area contributed by atoms with Crippen molar-refractivity contribution in [2.45, 2.75) is 6.92 Å². The van der Waals surface area contributed by atoms with Gasteiger partial charge in [-0.3, -0.25) is 4.79 Å². The molecule has 0 fully saturated rings. The lowest BCUT2D eigenvalue weighted by atomic mass is 10.3. The fraction of sp³-hybridized carbons (Fsp3) is 0.111. The topological polar surface area (TPSA) is 101 Å². The van der Waals surface area contributed by atoms with Gasteiger partial charge in [0.15, 0.2) is 5.82 Å². The zero-order valence-corrected chi connectivity index (χ0v) is 14.4. The van der Waals surface area contributed by atoms with Crippen LogP contribution in [0, 0.1) is 0 Å². The molecule has 1 amide bonds. The largest absolute Gasteiger partial charge is 0.497 e. The predicted octanol–water partition coefficient (Wildman–Crippen LogP) is 3.33. The lowest BCUT2D eigenvalue weighted by Gasteiger charge is -2.09. The first kappa shape index (κ1) is 17.2. The number of nitrogens with one attached hydrogen (secondary N) is 3. The molecule has 1 aromatic heterocycles. The maximum atomic E-state index is 11.2. The van der Waals surface area contributed by atoms with E-state index in [-0.39, 0.29) is 5.91 Å². The second-order valence-electron chi connectivity index (χ2n) is 5.41. The van der Waals surface area contributed by atoms with Crippen LogP contribution < -0.4 is 20.7 Å². The van der Waals surface area contributed by atoms with Crippen LogP contribution in [0.25, 0.3) is 0 Å². The molecular formula is C18H18N6O2. The molecule has 0 aliphatic heterocycles. The summed E-state index contributed by atoms with van der Waals surface area (Å²) in [5.41, 5.74) is 2.24. The van der Waals surface area contributed by atoms with Gasteiger partial charge in [-0.25, -0.2) is 0 Å². The van der Waals surface area contributed by atoms with Gasteiger partial charge in [-0.1, -0.05) is 12.1 Å². The number of aromatic nitrogens is 3. The fourth-order valence-corrected chi connectivity index (χ4v) is 2.27. The molecule has 3 aromatic rings. The van der Waals surface area contributed by atoms with Crippen molar-refractivity contribution < 1.29 is 9.53 Å². The minimum Gasteiger partial charge on any atom is -0.497 e. The average Bonchev–Trinajstić information content (AvgIpc) is 2.62. The zero-order valence-electron chi connectivity index (χ0n) is 14.4. The molecule has 0 aliphatic carbocycles. The Morgan fingerprint density at radius 2 is 1.73 bits per heavy atom. The van der Waals surface area contributed by atoms with E-state index in [4.69, 9.17) is 4.74 Å². The summed E-state index contributed by atoms with van der Waals surface area (Å²) in [6.07, 6.45) is 1.53. The van der Waals surface area contributed by atoms with Gasteiger partial charge in [0.25, 0.3) is 0 Å². The van der Waals surface area contributed by atoms with Gasteiger partial charge in [-0.2, -0.15) is 10.1 Å². The second-order valence-corrected chi connectivity index (χ2v) is 5.41. The smallest absolute Gasteiger partial charge is 0.249 e. The summed E-state index contributed by atoms with van der Waals surface area (Å²) in [6.45, 7) is 1.46. The molecule has 0 aliphatic rings. The van der Waals surface area contributed by atoms with Crippen molar-refractivity contribution in [3.8, 4) is 5.75 Å². The fourth-order valence-electron chi connectivity index (χ4n) is 2.27. The monoisotopic (exact) mass is 350 g/mol. The minimum atomic E-state index is -0.135. The highest BCUT2D eigenvalue weighted by atomic mass is 16.5. The molecule has 0 saturated carbocycles. The Morgan fingerprint density at radius 1 is 1.00 bits per heavy atom. The number of hydrogen-bond acceptors (Lipinski definition) is 7. The number of carbonyl (C=O) groups is 1. The van der Waals surface area contributed by atoms with Gasteiger partial charge in [-0.15, -0.1) is 5.10 Å². The number of benzene rings is 2. The highest BCUT2D eigenvalue weighted by Gasteiger charge is 2.04. The number of nitrogens with zero attached hydrogens (tertiary/aromatic N) is 3. The van der Waals surface area contributed by atoms with Crippen molar-refractivity contribution >= 4 is 34.7 Å². The molecule has 1 heterocycles. The molecule has 8 heteroatoms. The lowest BCUT2D eigenvalue weighted by molar-refractivity contribution is -0.114. The van der Waals surface area contributed by atoms with Crippen LogP contribution in [-0.4, -0.2) is 28.2 Å². The quantitative estimate of drug-likeness (QED) is 0.627. The van der Waals surface area contributed by atoms with E-state index < -0.39 is 0 Å². The van der Waals surface area contributed by atoms with Crippen LogP contribution in [0.3, 0.4) is 0 Å². The summed E-state index contributed by atoms with van der Waals surface area (Å²) in [6, 6.07) is 14.7. The van der Waals surface area contributed by atoms with Gasteiger partial charge < -0.3 is 20.7 Å². The summed E-state index contributed by atoms with van der Waals surface area (Å²) < 4.78 is 5.20. The number of ether oxygens (including phenoxy) is 1. The van der Waals surface area contributed by atoms with Crippen LogP contribution >= 0.6 is 0 Å². The summed E-state index contributed by atoms with van der Waals surface area (Å²) in [4.78, 5) is 15.5. The molecule has 0 spiro atoms. The first-order chi connectivity index (χ1) is 12.6. The van der Waals surface area contributed by atoms with Gasteiger partial charge in [0.05, 0.1) is 13.3 Å². The Morgan fingerprint density at radius 3 is 2.50 bits per heavy atom. The molecule has 0 bridgehead atoms. The maximum Gasteiger partial charge on any atom is 0.249 e. The third-order valence-electron chi connectivity index (χ3n) is 3.34. The number of rotatable bonds is 6. The van der Waals surface area contributed by atoms with Gasteiger partial charge in [-0.05, 0) is 30.3 Å². The van der Waals surface area contributed by atoms with E-state index in [1.165, 1.54) is 13.1 Å². The minimum absolute atomic E-state index is 0.135. The Kier molecular flexibility index (Phi) is 5.23. The van der Waals surface area contributed by atoms with Crippen LogP contribution in [0.15, 0.2) is 54.7 Å². The van der Waals surface area contributed by atoms with Gasteiger partial charge in [0.2, 0.25) is 11.9 Å². The Bertz CT molecular complexity index is 915. The number of carbonyl (C=O) groups excluding carboxylic acids is 1. The van der Waals surface area contributed by atoms with E-state index in [1.54, 1.807) is 19.2 Å². The number of hydrogen-bond donors (Lipinski definition) is 3. The highest BCUT2D eigenvalue weighted by Crippen LogP contribution is 2.21. The first-order valence-electron chi connectivity index (χ1n) is 7.88. The summed E-state index contributed by atoms with van der Waals surface area (Å²) in [7, 11) is 1.61. The molecule has 0 saturated heterocycles. The Labute approximate surface area is 150 Å². The standard InChI is InChI=1S/C18H18N6O2/c1-12(25)20-13-5-3-6-14(9-13)22-18-23-17(11-19-24-18)21-15-7-4-8-16(10-15)26-2/h3-11H,1-2H3,(H,20,25)(H2,21,22,23,24). The van der Waals surface area contributed by atoms with E-state index >= 15 is 0 Å². The normalized spacial score (nSPS) is 10.1. The van der Waals surface area contributed by atoms with Crippen LogP contribution in [-0.2, 0) is 4.79 Å². The molecule has 0 radical (unpaired) electrons. The SMILES string of the molecule is COc1cccc(Nc2cnnc(Nc3cccc(NC(C)=O)c3)n2)c1. The summed E-state index contributed by atoms with van der Waals surface area (Å²) in [5, 5.41) is 16.9. The Hall–Kier alpha value is -3.68. The van der Waals surface area contributed by atoms with Crippen molar-refractivity contribution in [3.63, 3.8) is 0 Å². The predicted molar refractivity (Wildman–Crippen MR) is 100 cm³/mol. The highest BCUT2D eigenvalue weighted by molar-refractivity contribution is 5.89. The van der Waals surface area contributed by atoms with E-state index in [1.807, 2.05) is 36.4 Å². The van der Waals surface area contributed by atoms with Crippen LogP contribution in [0.1, 0.15) is 6.92 Å². The first-order valence-corrected chi connectivity index (χ1v) is 7.88. The van der Waals surface area contributed by atoms with Crippen LogP contribution in [0.5, 0.6) is 5.75 Å². The molecule has 0 atom stereocenters. The van der Waals surface area contributed by atoms with Gasteiger partial charge >= 0.3 is 0 Å². The molecular weight excluding hydrogens is 332 g/mol. The Balaban J connectivity index is 1.74. The van der Waals surface area contributed by atoms with Crippen molar-refractivity contribution in [1.29, 1.82) is 0 Å². The number of anilines is 5. The van der Waals surface area contributed by atoms with E-state index in [0.717, 1.165) is 17.1 Å². The van der Waals surface area contributed by atoms with Gasteiger partial charge in [0, 0.05) is 30.1 Å². The average molecular weight is 350 g/mol. The molecule has 0 unspecified atom stereocenters. The van der Waals surface area contributed by atoms with Crippen molar-refractivity contribution in [3.05, 3.63) is 54.7 Å². The summed E-state index contributed by atoms with van der Waals surface area (Å²) in [5.74, 6) is 1.47. The second kappa shape index (κ2) is 7.93. The molecule has 2 aromatic carbocycles. The van der Waals surface area contributed by atoms with Crippen molar-refractivity contribution in [2.24, 2.45) is 0 Å².